The molecule has 0 aliphatic heterocycles. The normalized spacial score (nSPS) is 12.6. The first kappa shape index (κ1) is 56.3. The third kappa shape index (κ3) is 41.8. The Bertz CT molecular complexity index is 1050. The third-order valence-corrected chi connectivity index (χ3v) is 11.2. The van der Waals surface area contributed by atoms with Crippen molar-refractivity contribution >= 4 is 23.8 Å². The number of amides is 2. The summed E-state index contributed by atoms with van der Waals surface area (Å²) in [4.78, 5) is 47.7. The molecular weight excluding hydrogens is 741 g/mol. The zero-order chi connectivity index (χ0) is 43.3. The summed E-state index contributed by atoms with van der Waals surface area (Å²) in [6, 6.07) is -1.38. The third-order valence-electron chi connectivity index (χ3n) is 11.2. The molecule has 2 amide bonds. The highest BCUT2D eigenvalue weighted by molar-refractivity contribution is 5.87. The minimum Gasteiger partial charge on any atom is -0.480 e. The highest BCUT2D eigenvalue weighted by atomic mass is 16.5. The monoisotopic (exact) mass is 833 g/mol. The molecule has 0 saturated carbocycles. The highest BCUT2D eigenvalue weighted by Gasteiger charge is 2.19. The molecule has 0 aliphatic carbocycles. The molecule has 344 valence electrons. The number of esters is 1. The predicted molar refractivity (Wildman–Crippen MR) is 245 cm³/mol. The molecule has 0 bridgehead atoms. The van der Waals surface area contributed by atoms with Gasteiger partial charge in [0.05, 0.1) is 13.2 Å². The number of ether oxygens (including phenoxy) is 1. The smallest absolute Gasteiger partial charge is 0.328 e. The van der Waals surface area contributed by atoms with E-state index in [1.165, 1.54) is 141 Å². The van der Waals surface area contributed by atoms with Crippen molar-refractivity contribution in [1.29, 1.82) is 0 Å². The van der Waals surface area contributed by atoms with Crippen LogP contribution < -0.4 is 10.6 Å². The summed E-state index contributed by atoms with van der Waals surface area (Å²) in [5.41, 5.74) is 0. The molecule has 2 atom stereocenters. The summed E-state index contributed by atoms with van der Waals surface area (Å²) >= 11 is 0. The minimum atomic E-state index is -1.38. The number of aliphatic hydroxyl groups excluding tert-OH is 1. The van der Waals surface area contributed by atoms with Gasteiger partial charge in [-0.1, -0.05) is 192 Å². The molecule has 0 aromatic carbocycles. The number of aliphatic carboxylic acids is 1. The lowest BCUT2D eigenvalue weighted by Gasteiger charge is -2.18. The Morgan fingerprint density at radius 3 is 1.42 bits per heavy atom. The number of nitrogens with one attached hydrogen (secondary N) is 2. The molecule has 9 nitrogen and oxygen atoms in total. The van der Waals surface area contributed by atoms with Crippen molar-refractivity contribution in [2.24, 2.45) is 0 Å². The molecule has 4 N–H and O–H groups in total. The molecule has 2 unspecified atom stereocenters. The van der Waals surface area contributed by atoms with Gasteiger partial charge in [0.15, 0.2) is 0 Å². The Hall–Kier alpha value is -2.68. The fourth-order valence-electron chi connectivity index (χ4n) is 7.40. The average Bonchev–Trinajstić information content (AvgIpc) is 3.22. The van der Waals surface area contributed by atoms with Crippen LogP contribution in [0, 0.1) is 0 Å². The van der Waals surface area contributed by atoms with Gasteiger partial charge in [0, 0.05) is 12.8 Å². The number of hydrogen-bond acceptors (Lipinski definition) is 6. The number of carbonyl (C=O) groups is 4. The summed E-state index contributed by atoms with van der Waals surface area (Å²) in [5.74, 6) is -2.31. The molecule has 0 heterocycles. The van der Waals surface area contributed by atoms with Crippen LogP contribution in [0.2, 0.25) is 0 Å². The van der Waals surface area contributed by atoms with Gasteiger partial charge in [-0.3, -0.25) is 14.4 Å². The van der Waals surface area contributed by atoms with Gasteiger partial charge in [0.25, 0.3) is 0 Å². The minimum absolute atomic E-state index is 0.0532. The standard InChI is InChI=1S/C50H92N2O7/c1-3-5-7-9-11-13-15-17-18-19-20-21-23-25-27-29-34-38-42-49(56)59-45(39-35-31-28-26-24-22-16-14-12-10-8-6-4-2)40-36-32-30-33-37-41-47(54)51-43-48(55)52-46(44-53)50(57)58/h16,22,26,28,45-46,53H,3-15,17-21,23-25,27,29-44H2,1-2H3,(H,51,54)(H,52,55)(H,57,58)/b22-16-,28-26-. The van der Waals surface area contributed by atoms with Crippen LogP contribution in [0.25, 0.3) is 0 Å². The molecule has 0 spiro atoms. The number of unbranched alkanes of at least 4 members (excludes halogenated alkanes) is 27. The van der Waals surface area contributed by atoms with Crippen LogP contribution in [-0.4, -0.2) is 59.3 Å². The van der Waals surface area contributed by atoms with Gasteiger partial charge in [0.2, 0.25) is 11.8 Å². The van der Waals surface area contributed by atoms with E-state index >= 15 is 0 Å². The number of hydrogen-bond donors (Lipinski definition) is 4. The van der Waals surface area contributed by atoms with Gasteiger partial charge in [-0.05, 0) is 64.2 Å². The van der Waals surface area contributed by atoms with Gasteiger partial charge in [0.1, 0.15) is 12.1 Å². The maximum Gasteiger partial charge on any atom is 0.328 e. The summed E-state index contributed by atoms with van der Waals surface area (Å²) in [6.45, 7) is 3.49. The van der Waals surface area contributed by atoms with Crippen LogP contribution in [-0.2, 0) is 23.9 Å². The van der Waals surface area contributed by atoms with E-state index in [0.717, 1.165) is 70.6 Å². The Morgan fingerprint density at radius 1 is 0.508 bits per heavy atom. The van der Waals surface area contributed by atoms with E-state index in [0.29, 0.717) is 12.8 Å². The lowest BCUT2D eigenvalue weighted by atomic mass is 10.0. The molecule has 0 saturated heterocycles. The molecular formula is C50H92N2O7. The van der Waals surface area contributed by atoms with Crippen molar-refractivity contribution < 1.29 is 34.1 Å². The van der Waals surface area contributed by atoms with Crippen molar-refractivity contribution in [1.82, 2.24) is 10.6 Å². The predicted octanol–water partition coefficient (Wildman–Crippen LogP) is 12.8. The summed E-state index contributed by atoms with van der Waals surface area (Å²) < 4.78 is 6.03. The van der Waals surface area contributed by atoms with Crippen LogP contribution >= 0.6 is 0 Å². The zero-order valence-electron chi connectivity index (χ0n) is 38.3. The Morgan fingerprint density at radius 2 is 0.932 bits per heavy atom. The summed E-state index contributed by atoms with van der Waals surface area (Å²) in [5, 5.41) is 22.6. The Kier molecular flexibility index (Phi) is 42.8. The number of carboxylic acid groups (broad SMARTS) is 1. The van der Waals surface area contributed by atoms with Gasteiger partial charge >= 0.3 is 11.9 Å². The molecule has 59 heavy (non-hydrogen) atoms. The maximum absolute atomic E-state index is 12.8. The van der Waals surface area contributed by atoms with Crippen molar-refractivity contribution in [2.45, 2.75) is 257 Å². The first-order valence-electron chi connectivity index (χ1n) is 24.7. The van der Waals surface area contributed by atoms with Crippen LogP contribution in [0.1, 0.15) is 245 Å². The molecule has 0 rings (SSSR count). The fourth-order valence-corrected chi connectivity index (χ4v) is 7.40. The van der Waals surface area contributed by atoms with Gasteiger partial charge in [-0.25, -0.2) is 4.79 Å². The number of allylic oxidation sites excluding steroid dienone is 4. The van der Waals surface area contributed by atoms with E-state index in [2.05, 4.69) is 48.8 Å². The van der Waals surface area contributed by atoms with E-state index in [9.17, 15) is 19.2 Å². The average molecular weight is 833 g/mol. The second-order valence-corrected chi connectivity index (χ2v) is 16.9. The molecule has 0 fully saturated rings. The van der Waals surface area contributed by atoms with Crippen LogP contribution in [0.3, 0.4) is 0 Å². The lowest BCUT2D eigenvalue weighted by molar-refractivity contribution is -0.150. The molecule has 9 heteroatoms. The van der Waals surface area contributed by atoms with Crippen molar-refractivity contribution in [3.8, 4) is 0 Å². The van der Waals surface area contributed by atoms with E-state index in [1.807, 2.05) is 0 Å². The van der Waals surface area contributed by atoms with E-state index in [-0.39, 0.29) is 30.9 Å². The zero-order valence-corrected chi connectivity index (χ0v) is 38.3. The van der Waals surface area contributed by atoms with E-state index in [1.54, 1.807) is 0 Å². The quantitative estimate of drug-likeness (QED) is 0.0272. The van der Waals surface area contributed by atoms with Gasteiger partial charge in [-0.2, -0.15) is 0 Å². The van der Waals surface area contributed by atoms with Gasteiger partial charge in [-0.15, -0.1) is 0 Å². The number of aliphatic hydroxyl groups is 1. The number of carbonyl (C=O) groups excluding carboxylic acids is 3. The summed E-state index contributed by atoms with van der Waals surface area (Å²) in [6.07, 6.45) is 50.7. The number of carboxylic acids is 1. The highest BCUT2D eigenvalue weighted by Crippen LogP contribution is 2.18. The first-order valence-corrected chi connectivity index (χ1v) is 24.7. The number of rotatable bonds is 45. The summed E-state index contributed by atoms with van der Waals surface area (Å²) in [7, 11) is 0. The van der Waals surface area contributed by atoms with Crippen molar-refractivity contribution in [2.75, 3.05) is 13.2 Å². The van der Waals surface area contributed by atoms with Gasteiger partial charge < -0.3 is 25.6 Å². The largest absolute Gasteiger partial charge is 0.480 e. The topological polar surface area (TPSA) is 142 Å². The molecule has 0 aromatic heterocycles. The van der Waals surface area contributed by atoms with E-state index < -0.39 is 24.5 Å². The van der Waals surface area contributed by atoms with Crippen molar-refractivity contribution in [3.05, 3.63) is 24.3 Å². The second kappa shape index (κ2) is 44.9. The molecule has 0 aliphatic rings. The van der Waals surface area contributed by atoms with Crippen molar-refractivity contribution in [3.63, 3.8) is 0 Å². The first-order chi connectivity index (χ1) is 28.8. The van der Waals surface area contributed by atoms with E-state index in [4.69, 9.17) is 14.9 Å². The Labute approximate surface area is 362 Å². The Balaban J connectivity index is 4.30. The second-order valence-electron chi connectivity index (χ2n) is 16.9. The maximum atomic E-state index is 12.8. The SMILES string of the molecule is CCCCCCC/C=C\C/C=C\CCCC(CCCCCCCC(=O)NCC(=O)NC(CO)C(=O)O)OC(=O)CCCCCCCCCCCCCCCCCCCC. The van der Waals surface area contributed by atoms with Crippen LogP contribution in [0.15, 0.2) is 24.3 Å². The van der Waals surface area contributed by atoms with Crippen LogP contribution in [0.4, 0.5) is 0 Å². The molecule has 0 radical (unpaired) electrons. The fraction of sp³-hybridized carbons (Fsp3) is 0.840. The van der Waals surface area contributed by atoms with Crippen LogP contribution in [0.5, 0.6) is 0 Å². The lowest BCUT2D eigenvalue weighted by Crippen LogP contribution is -2.47. The molecule has 0 aromatic rings.